The van der Waals surface area contributed by atoms with Crippen molar-refractivity contribution >= 4 is 40.4 Å². The molecule has 0 radical (unpaired) electrons. The fraction of sp³-hybridized carbons (Fsp3) is 0. The highest BCUT2D eigenvalue weighted by atomic mass is 35.5. The molecule has 0 spiro atoms. The summed E-state index contributed by atoms with van der Waals surface area (Å²) in [5.74, 6) is 0. The Bertz CT molecular complexity index is 907. The molecule has 0 fully saturated rings. The van der Waals surface area contributed by atoms with Crippen LogP contribution in [0, 0.1) is 11.3 Å². The second-order valence-electron chi connectivity index (χ2n) is 4.53. The van der Waals surface area contributed by atoms with Crippen LogP contribution in [-0.4, -0.2) is 11.3 Å². The molecule has 0 aliphatic rings. The normalized spacial score (nSPS) is 10.5. The highest BCUT2D eigenvalue weighted by molar-refractivity contribution is 6.35. The Kier molecular flexibility index (Phi) is 3.42. The van der Waals surface area contributed by atoms with Crippen LogP contribution in [0.25, 0.3) is 22.2 Å². The summed E-state index contributed by atoms with van der Waals surface area (Å²) in [6.07, 6.45) is 0.757. The van der Waals surface area contributed by atoms with Crippen molar-refractivity contribution in [3.8, 4) is 17.3 Å². The molecular weight excluding hydrogens is 307 g/mol. The van der Waals surface area contributed by atoms with Crippen molar-refractivity contribution in [3.63, 3.8) is 0 Å². The van der Waals surface area contributed by atoms with Gasteiger partial charge in [0.25, 0.3) is 0 Å². The highest BCUT2D eigenvalue weighted by Crippen LogP contribution is 2.35. The third kappa shape index (κ3) is 2.29. The van der Waals surface area contributed by atoms with Gasteiger partial charge >= 0.3 is 0 Å². The first kappa shape index (κ1) is 13.7. The van der Waals surface area contributed by atoms with E-state index < -0.39 is 0 Å². The van der Waals surface area contributed by atoms with Gasteiger partial charge in [0.15, 0.2) is 6.29 Å². The molecule has 21 heavy (non-hydrogen) atoms. The van der Waals surface area contributed by atoms with Crippen LogP contribution >= 0.6 is 23.2 Å². The number of H-pyrrole nitrogens is 1. The molecule has 0 saturated heterocycles. The van der Waals surface area contributed by atoms with E-state index >= 15 is 0 Å². The van der Waals surface area contributed by atoms with Crippen molar-refractivity contribution in [1.82, 2.24) is 4.98 Å². The molecule has 0 unspecified atom stereocenters. The Morgan fingerprint density at radius 3 is 2.67 bits per heavy atom. The Morgan fingerprint density at radius 2 is 1.95 bits per heavy atom. The first-order valence-electron chi connectivity index (χ1n) is 6.10. The van der Waals surface area contributed by atoms with Crippen LogP contribution in [0.4, 0.5) is 0 Å². The summed E-state index contributed by atoms with van der Waals surface area (Å²) in [4.78, 5) is 14.7. The minimum atomic E-state index is 0.464. The zero-order valence-corrected chi connectivity index (χ0v) is 12.2. The van der Waals surface area contributed by atoms with E-state index in [0.717, 1.165) is 11.8 Å². The number of rotatable bonds is 2. The van der Waals surface area contributed by atoms with Gasteiger partial charge in [0.2, 0.25) is 0 Å². The predicted octanol–water partition coefficient (Wildman–Crippen LogP) is 4.83. The number of aromatic nitrogens is 1. The van der Waals surface area contributed by atoms with Crippen molar-refractivity contribution in [2.24, 2.45) is 0 Å². The number of nitrogens with one attached hydrogen (secondary N) is 1. The molecule has 0 saturated carbocycles. The van der Waals surface area contributed by atoms with Gasteiger partial charge in [-0.15, -0.1) is 0 Å². The highest BCUT2D eigenvalue weighted by Gasteiger charge is 2.15. The molecule has 0 aliphatic heterocycles. The van der Waals surface area contributed by atoms with Gasteiger partial charge < -0.3 is 4.98 Å². The van der Waals surface area contributed by atoms with Crippen LogP contribution < -0.4 is 0 Å². The number of benzene rings is 2. The minimum Gasteiger partial charge on any atom is -0.354 e. The monoisotopic (exact) mass is 314 g/mol. The lowest BCUT2D eigenvalue weighted by Crippen LogP contribution is -1.86. The number of aldehydes is 1. The molecule has 0 amide bonds. The average molecular weight is 315 g/mol. The fourth-order valence-electron chi connectivity index (χ4n) is 2.31. The summed E-state index contributed by atoms with van der Waals surface area (Å²) in [5.41, 5.74) is 2.98. The summed E-state index contributed by atoms with van der Waals surface area (Å²) < 4.78 is 0. The molecule has 0 aliphatic carbocycles. The van der Waals surface area contributed by atoms with Gasteiger partial charge in [0.05, 0.1) is 22.3 Å². The lowest BCUT2D eigenvalue weighted by Gasteiger charge is -2.03. The molecule has 3 nitrogen and oxygen atoms in total. The van der Waals surface area contributed by atoms with E-state index in [1.807, 2.05) is 0 Å². The van der Waals surface area contributed by atoms with Gasteiger partial charge in [0, 0.05) is 27.1 Å². The summed E-state index contributed by atoms with van der Waals surface area (Å²) in [6.45, 7) is 0. The number of fused-ring (bicyclic) bond motifs is 1. The van der Waals surface area contributed by atoms with Crippen molar-refractivity contribution in [2.75, 3.05) is 0 Å². The lowest BCUT2D eigenvalue weighted by atomic mass is 10.0. The van der Waals surface area contributed by atoms with Crippen molar-refractivity contribution in [1.29, 1.82) is 5.26 Å². The van der Waals surface area contributed by atoms with Gasteiger partial charge in [-0.2, -0.15) is 5.26 Å². The van der Waals surface area contributed by atoms with Crippen LogP contribution in [0.5, 0.6) is 0 Å². The zero-order valence-electron chi connectivity index (χ0n) is 10.7. The predicted molar refractivity (Wildman–Crippen MR) is 83.9 cm³/mol. The second kappa shape index (κ2) is 5.25. The molecule has 0 atom stereocenters. The lowest BCUT2D eigenvalue weighted by molar-refractivity contribution is 0.112. The summed E-state index contributed by atoms with van der Waals surface area (Å²) in [5, 5.41) is 10.7. The average Bonchev–Trinajstić information content (AvgIpc) is 2.86. The van der Waals surface area contributed by atoms with Crippen LogP contribution in [0.1, 0.15) is 15.9 Å². The maximum atomic E-state index is 11.5. The van der Waals surface area contributed by atoms with E-state index in [0.29, 0.717) is 37.8 Å². The molecule has 3 rings (SSSR count). The standard InChI is InChI=1S/C16H8Cl2N2O/c17-10-2-3-14(18)12(6-10)16-13(8-21)11-5-9(7-19)1-4-15(11)20-16/h1-6,8,20H. The summed E-state index contributed by atoms with van der Waals surface area (Å²) >= 11 is 12.2. The SMILES string of the molecule is N#Cc1ccc2[nH]c(-c3cc(Cl)ccc3Cl)c(C=O)c2c1. The minimum absolute atomic E-state index is 0.464. The van der Waals surface area contributed by atoms with E-state index in [2.05, 4.69) is 11.1 Å². The van der Waals surface area contributed by atoms with E-state index in [4.69, 9.17) is 28.5 Å². The van der Waals surface area contributed by atoms with Crippen LogP contribution in [0.15, 0.2) is 36.4 Å². The molecule has 1 N–H and O–H groups in total. The molecule has 5 heteroatoms. The quantitative estimate of drug-likeness (QED) is 0.689. The largest absolute Gasteiger partial charge is 0.354 e. The molecular formula is C16H8Cl2N2O. The maximum absolute atomic E-state index is 11.5. The van der Waals surface area contributed by atoms with Crippen LogP contribution in [0.3, 0.4) is 0 Å². The number of aromatic amines is 1. The number of carbonyl (C=O) groups is 1. The Labute approximate surface area is 130 Å². The fourth-order valence-corrected chi connectivity index (χ4v) is 2.69. The molecule has 1 aromatic heterocycles. The summed E-state index contributed by atoms with van der Waals surface area (Å²) in [7, 11) is 0. The molecule has 102 valence electrons. The molecule has 3 aromatic rings. The number of hydrogen-bond acceptors (Lipinski definition) is 2. The van der Waals surface area contributed by atoms with E-state index in [9.17, 15) is 4.79 Å². The maximum Gasteiger partial charge on any atom is 0.152 e. The number of nitriles is 1. The Morgan fingerprint density at radius 1 is 1.14 bits per heavy atom. The van der Waals surface area contributed by atoms with Gasteiger partial charge in [0.1, 0.15) is 0 Å². The topological polar surface area (TPSA) is 56.6 Å². The van der Waals surface area contributed by atoms with Gasteiger partial charge in [-0.25, -0.2) is 0 Å². The van der Waals surface area contributed by atoms with Crippen LogP contribution in [0.2, 0.25) is 10.0 Å². The number of carbonyl (C=O) groups excluding carboxylic acids is 1. The van der Waals surface area contributed by atoms with E-state index in [1.165, 1.54) is 0 Å². The third-order valence-electron chi connectivity index (χ3n) is 3.28. The smallest absolute Gasteiger partial charge is 0.152 e. The van der Waals surface area contributed by atoms with E-state index in [-0.39, 0.29) is 0 Å². The van der Waals surface area contributed by atoms with Gasteiger partial charge in [-0.05, 0) is 36.4 Å². The van der Waals surface area contributed by atoms with Gasteiger partial charge in [-0.3, -0.25) is 4.79 Å². The third-order valence-corrected chi connectivity index (χ3v) is 3.85. The molecule has 0 bridgehead atoms. The first-order chi connectivity index (χ1) is 10.1. The van der Waals surface area contributed by atoms with Crippen molar-refractivity contribution < 1.29 is 4.79 Å². The Balaban J connectivity index is 2.35. The second-order valence-corrected chi connectivity index (χ2v) is 5.37. The number of nitrogens with zero attached hydrogens (tertiary/aromatic N) is 1. The van der Waals surface area contributed by atoms with Crippen molar-refractivity contribution in [3.05, 3.63) is 57.6 Å². The zero-order chi connectivity index (χ0) is 15.0. The van der Waals surface area contributed by atoms with E-state index in [1.54, 1.807) is 36.4 Å². The first-order valence-corrected chi connectivity index (χ1v) is 6.86. The summed E-state index contributed by atoms with van der Waals surface area (Å²) in [6, 6.07) is 12.3. The number of halogens is 2. The van der Waals surface area contributed by atoms with Crippen LogP contribution in [-0.2, 0) is 0 Å². The number of hydrogen-bond donors (Lipinski definition) is 1. The Hall–Kier alpha value is -2.28. The molecule has 1 heterocycles. The van der Waals surface area contributed by atoms with Gasteiger partial charge in [-0.1, -0.05) is 23.2 Å². The van der Waals surface area contributed by atoms with Crippen molar-refractivity contribution in [2.45, 2.75) is 0 Å². The molecule has 2 aromatic carbocycles.